The first-order chi connectivity index (χ1) is 9.63. The van der Waals surface area contributed by atoms with Gasteiger partial charge in [-0.05, 0) is 36.6 Å². The summed E-state index contributed by atoms with van der Waals surface area (Å²) in [7, 11) is 0. The zero-order chi connectivity index (χ0) is 14.5. The second-order valence-electron chi connectivity index (χ2n) is 4.52. The summed E-state index contributed by atoms with van der Waals surface area (Å²) in [6.45, 7) is 7.37. The molecule has 0 aliphatic carbocycles. The van der Waals surface area contributed by atoms with E-state index in [1.54, 1.807) is 18.2 Å². The van der Waals surface area contributed by atoms with Crippen molar-refractivity contribution in [2.75, 3.05) is 0 Å². The standard InChI is InChI=1S/C17H16ClNO/c1-3-15-16(4-2)19-14(11-17(15)20)9-8-12-6-5-7-13(18)10-12/h3-7,10-11H,1-2,8-9H2,(H,19,20). The van der Waals surface area contributed by atoms with Crippen LogP contribution >= 0.6 is 11.6 Å². The lowest BCUT2D eigenvalue weighted by molar-refractivity contribution is 0.907. The molecule has 0 radical (unpaired) electrons. The molecular formula is C17H16ClNO. The Morgan fingerprint density at radius 2 is 1.95 bits per heavy atom. The van der Waals surface area contributed by atoms with Gasteiger partial charge in [0.05, 0.1) is 0 Å². The molecule has 0 atom stereocenters. The van der Waals surface area contributed by atoms with Crippen LogP contribution in [0.3, 0.4) is 0 Å². The molecule has 0 fully saturated rings. The number of aryl methyl sites for hydroxylation is 2. The van der Waals surface area contributed by atoms with Gasteiger partial charge in [0.25, 0.3) is 0 Å². The molecule has 0 amide bonds. The highest BCUT2D eigenvalue weighted by molar-refractivity contribution is 6.30. The molecule has 1 N–H and O–H groups in total. The number of benzene rings is 1. The first-order valence-corrected chi connectivity index (χ1v) is 6.77. The Hall–Kier alpha value is -2.06. The van der Waals surface area contributed by atoms with E-state index in [2.05, 4.69) is 18.1 Å². The first kappa shape index (κ1) is 14.4. The number of rotatable bonds is 5. The van der Waals surface area contributed by atoms with Crippen molar-refractivity contribution in [2.45, 2.75) is 12.8 Å². The second kappa shape index (κ2) is 6.40. The Labute approximate surface area is 123 Å². The van der Waals surface area contributed by atoms with Crippen molar-refractivity contribution >= 4 is 23.8 Å². The van der Waals surface area contributed by atoms with Crippen LogP contribution in [-0.4, -0.2) is 4.98 Å². The molecule has 3 heteroatoms. The molecule has 0 unspecified atom stereocenters. The molecule has 0 spiro atoms. The Morgan fingerprint density at radius 3 is 2.60 bits per heavy atom. The quantitative estimate of drug-likeness (QED) is 0.881. The van der Waals surface area contributed by atoms with Gasteiger partial charge < -0.3 is 4.98 Å². The van der Waals surface area contributed by atoms with Gasteiger partial charge in [0.2, 0.25) is 0 Å². The Kier molecular flexibility index (Phi) is 4.59. The maximum absolute atomic E-state index is 12.0. The van der Waals surface area contributed by atoms with E-state index in [4.69, 9.17) is 11.6 Å². The van der Waals surface area contributed by atoms with Crippen molar-refractivity contribution in [1.82, 2.24) is 4.98 Å². The van der Waals surface area contributed by atoms with E-state index in [0.29, 0.717) is 11.3 Å². The minimum atomic E-state index is -0.0326. The van der Waals surface area contributed by atoms with Crippen LogP contribution in [0.25, 0.3) is 12.2 Å². The van der Waals surface area contributed by atoms with Crippen LogP contribution < -0.4 is 5.43 Å². The third kappa shape index (κ3) is 3.28. The minimum Gasteiger partial charge on any atom is -0.358 e. The fourth-order valence-electron chi connectivity index (χ4n) is 2.12. The van der Waals surface area contributed by atoms with E-state index < -0.39 is 0 Å². The van der Waals surface area contributed by atoms with Crippen molar-refractivity contribution < 1.29 is 0 Å². The predicted molar refractivity (Wildman–Crippen MR) is 86.1 cm³/mol. The normalized spacial score (nSPS) is 10.2. The van der Waals surface area contributed by atoms with Gasteiger partial charge in [0.1, 0.15) is 0 Å². The highest BCUT2D eigenvalue weighted by atomic mass is 35.5. The second-order valence-corrected chi connectivity index (χ2v) is 4.96. The zero-order valence-corrected chi connectivity index (χ0v) is 11.9. The molecule has 20 heavy (non-hydrogen) atoms. The Morgan fingerprint density at radius 1 is 1.15 bits per heavy atom. The van der Waals surface area contributed by atoms with Crippen molar-refractivity contribution in [2.24, 2.45) is 0 Å². The number of hydrogen-bond donors (Lipinski definition) is 1. The van der Waals surface area contributed by atoms with Crippen molar-refractivity contribution in [1.29, 1.82) is 0 Å². The van der Waals surface area contributed by atoms with Crippen LogP contribution in [0.15, 0.2) is 48.3 Å². The summed E-state index contributed by atoms with van der Waals surface area (Å²) in [5.74, 6) is 0. The Balaban J connectivity index is 2.22. The lowest BCUT2D eigenvalue weighted by Crippen LogP contribution is -2.11. The average molecular weight is 286 g/mol. The van der Waals surface area contributed by atoms with Gasteiger partial charge >= 0.3 is 0 Å². The number of aromatic nitrogens is 1. The van der Waals surface area contributed by atoms with Crippen molar-refractivity contribution in [3.63, 3.8) is 0 Å². The lowest BCUT2D eigenvalue weighted by atomic mass is 10.1. The fraction of sp³-hybridized carbons (Fsp3) is 0.118. The van der Waals surface area contributed by atoms with Gasteiger partial charge in [-0.25, -0.2) is 0 Å². The molecule has 0 aliphatic rings. The summed E-state index contributed by atoms with van der Waals surface area (Å²) >= 11 is 5.96. The number of hydrogen-bond acceptors (Lipinski definition) is 1. The van der Waals surface area contributed by atoms with E-state index in [-0.39, 0.29) is 5.43 Å². The van der Waals surface area contributed by atoms with Crippen LogP contribution in [0.2, 0.25) is 5.02 Å². The fourth-order valence-corrected chi connectivity index (χ4v) is 2.34. The van der Waals surface area contributed by atoms with E-state index in [1.165, 1.54) is 0 Å². The van der Waals surface area contributed by atoms with Crippen molar-refractivity contribution in [3.8, 4) is 0 Å². The van der Waals surface area contributed by atoms with Gasteiger partial charge in [0, 0.05) is 28.0 Å². The van der Waals surface area contributed by atoms with E-state index >= 15 is 0 Å². The molecule has 0 saturated heterocycles. The largest absolute Gasteiger partial charge is 0.358 e. The topological polar surface area (TPSA) is 32.9 Å². The van der Waals surface area contributed by atoms with E-state index in [1.807, 2.05) is 24.3 Å². The predicted octanol–water partition coefficient (Wildman–Crippen LogP) is 4.10. The van der Waals surface area contributed by atoms with Crippen LogP contribution in [0.4, 0.5) is 0 Å². The smallest absolute Gasteiger partial charge is 0.189 e. The number of nitrogens with one attached hydrogen (secondary N) is 1. The minimum absolute atomic E-state index is 0.0326. The number of aromatic amines is 1. The van der Waals surface area contributed by atoms with Crippen LogP contribution in [0.5, 0.6) is 0 Å². The summed E-state index contributed by atoms with van der Waals surface area (Å²) in [5.41, 5.74) is 3.27. The van der Waals surface area contributed by atoms with Crippen molar-refractivity contribution in [3.05, 3.63) is 81.3 Å². The van der Waals surface area contributed by atoms with Crippen LogP contribution in [-0.2, 0) is 12.8 Å². The van der Waals surface area contributed by atoms with E-state index in [9.17, 15) is 4.79 Å². The summed E-state index contributed by atoms with van der Waals surface area (Å²) in [4.78, 5) is 15.2. The zero-order valence-electron chi connectivity index (χ0n) is 11.2. The summed E-state index contributed by atoms with van der Waals surface area (Å²) in [6, 6.07) is 9.36. The first-order valence-electron chi connectivity index (χ1n) is 6.39. The van der Waals surface area contributed by atoms with Gasteiger partial charge in [-0.15, -0.1) is 0 Å². The molecule has 1 aromatic heterocycles. The monoisotopic (exact) mass is 285 g/mol. The van der Waals surface area contributed by atoms with Crippen LogP contribution in [0, 0.1) is 0 Å². The molecular weight excluding hydrogens is 270 g/mol. The molecule has 1 aromatic carbocycles. The third-order valence-electron chi connectivity index (χ3n) is 3.14. The number of halogens is 1. The van der Waals surface area contributed by atoms with Gasteiger partial charge in [-0.2, -0.15) is 0 Å². The maximum Gasteiger partial charge on any atom is 0.189 e. The van der Waals surface area contributed by atoms with Gasteiger partial charge in [0.15, 0.2) is 5.43 Å². The highest BCUT2D eigenvalue weighted by Crippen LogP contribution is 2.13. The summed E-state index contributed by atoms with van der Waals surface area (Å²) in [6.07, 6.45) is 4.76. The molecule has 0 saturated carbocycles. The Bertz CT molecular complexity index is 700. The third-order valence-corrected chi connectivity index (χ3v) is 3.37. The lowest BCUT2D eigenvalue weighted by Gasteiger charge is -2.07. The summed E-state index contributed by atoms with van der Waals surface area (Å²) in [5, 5.41) is 0.727. The maximum atomic E-state index is 12.0. The molecule has 1 heterocycles. The highest BCUT2D eigenvalue weighted by Gasteiger charge is 2.05. The number of pyridine rings is 1. The molecule has 102 valence electrons. The van der Waals surface area contributed by atoms with Gasteiger partial charge in [-0.3, -0.25) is 4.79 Å². The average Bonchev–Trinajstić information content (AvgIpc) is 2.44. The molecule has 2 aromatic rings. The molecule has 0 aliphatic heterocycles. The van der Waals surface area contributed by atoms with Gasteiger partial charge in [-0.1, -0.05) is 43.0 Å². The molecule has 2 nitrogen and oxygen atoms in total. The van der Waals surface area contributed by atoms with E-state index in [0.717, 1.165) is 29.1 Å². The van der Waals surface area contributed by atoms with Crippen LogP contribution in [0.1, 0.15) is 22.5 Å². The molecule has 0 bridgehead atoms. The SMILES string of the molecule is C=Cc1[nH]c(CCc2cccc(Cl)c2)cc(=O)c1C=C. The molecule has 2 rings (SSSR count). The number of H-pyrrole nitrogens is 1. The summed E-state index contributed by atoms with van der Waals surface area (Å²) < 4.78 is 0.